The highest BCUT2D eigenvalue weighted by Crippen LogP contribution is 2.28. The Balaban J connectivity index is 1.72. The van der Waals surface area contributed by atoms with E-state index in [-0.39, 0.29) is 5.91 Å². The van der Waals surface area contributed by atoms with Crippen LogP contribution in [0.1, 0.15) is 38.5 Å². The van der Waals surface area contributed by atoms with Crippen molar-refractivity contribution in [2.45, 2.75) is 38.5 Å². The van der Waals surface area contributed by atoms with Crippen LogP contribution in [0.25, 0.3) is 0 Å². The summed E-state index contributed by atoms with van der Waals surface area (Å²) in [5, 5.41) is 0. The zero-order valence-electron chi connectivity index (χ0n) is 8.63. The van der Waals surface area contributed by atoms with Gasteiger partial charge >= 0.3 is 0 Å². The molecule has 0 saturated heterocycles. The molecule has 4 heteroatoms. The number of carbonyl (C=O) groups excluding carboxylic acids is 1. The van der Waals surface area contributed by atoms with Gasteiger partial charge in [0.05, 0.1) is 0 Å². The fourth-order valence-electron chi connectivity index (χ4n) is 1.27. The largest absolute Gasteiger partial charge is 0.381 e. The van der Waals surface area contributed by atoms with Crippen molar-refractivity contribution in [3.8, 4) is 0 Å². The average molecular weight is 200 g/mol. The zero-order chi connectivity index (χ0) is 10.2. The number of nitrogens with two attached hydrogens (primary N) is 1. The summed E-state index contributed by atoms with van der Waals surface area (Å²) in [6.07, 6.45) is 6.20. The predicted octanol–water partition coefficient (Wildman–Crippen LogP) is 0.963. The van der Waals surface area contributed by atoms with Crippen LogP contribution in [-0.2, 0) is 9.53 Å². The van der Waals surface area contributed by atoms with Crippen molar-refractivity contribution in [2.24, 2.45) is 11.8 Å². The molecule has 0 radical (unpaired) electrons. The molecule has 14 heavy (non-hydrogen) atoms. The number of carbonyl (C=O) groups is 1. The van der Waals surface area contributed by atoms with Crippen LogP contribution < -0.4 is 11.3 Å². The van der Waals surface area contributed by atoms with Gasteiger partial charge in [-0.3, -0.25) is 10.2 Å². The predicted molar refractivity (Wildman–Crippen MR) is 54.3 cm³/mol. The van der Waals surface area contributed by atoms with Crippen molar-refractivity contribution in [1.29, 1.82) is 0 Å². The molecule has 3 N–H and O–H groups in total. The first kappa shape index (κ1) is 11.5. The smallest absolute Gasteiger partial charge is 0.233 e. The molecule has 1 aliphatic rings. The Kier molecular flexibility index (Phi) is 5.56. The number of hydrogen-bond donors (Lipinski definition) is 2. The third-order valence-corrected chi connectivity index (χ3v) is 2.40. The first-order valence-electron chi connectivity index (χ1n) is 5.40. The number of hydrogen-bond acceptors (Lipinski definition) is 3. The van der Waals surface area contributed by atoms with Crippen molar-refractivity contribution < 1.29 is 9.53 Å². The van der Waals surface area contributed by atoms with E-state index >= 15 is 0 Å². The second kappa shape index (κ2) is 6.79. The topological polar surface area (TPSA) is 64.3 Å². The molecule has 1 rings (SSSR count). The molecule has 0 spiro atoms. The molecule has 1 amide bonds. The van der Waals surface area contributed by atoms with E-state index in [4.69, 9.17) is 10.6 Å². The molecule has 1 fully saturated rings. The van der Waals surface area contributed by atoms with E-state index < -0.39 is 0 Å². The van der Waals surface area contributed by atoms with E-state index in [1.807, 2.05) is 0 Å². The maximum Gasteiger partial charge on any atom is 0.233 e. The van der Waals surface area contributed by atoms with Gasteiger partial charge < -0.3 is 4.74 Å². The minimum Gasteiger partial charge on any atom is -0.381 e. The highest BCUT2D eigenvalue weighted by Gasteiger charge is 2.20. The van der Waals surface area contributed by atoms with Crippen LogP contribution >= 0.6 is 0 Å². The zero-order valence-corrected chi connectivity index (χ0v) is 8.63. The van der Waals surface area contributed by atoms with Gasteiger partial charge in [-0.1, -0.05) is 6.42 Å². The first-order chi connectivity index (χ1) is 6.83. The molecular weight excluding hydrogens is 180 g/mol. The van der Waals surface area contributed by atoms with Crippen LogP contribution in [0.5, 0.6) is 0 Å². The molecule has 0 aromatic carbocycles. The van der Waals surface area contributed by atoms with Crippen LogP contribution in [0.4, 0.5) is 0 Å². The molecule has 1 aliphatic carbocycles. The summed E-state index contributed by atoms with van der Waals surface area (Å²) < 4.78 is 5.47. The summed E-state index contributed by atoms with van der Waals surface area (Å²) in [7, 11) is 0. The molecule has 0 unspecified atom stereocenters. The molecule has 82 valence electrons. The summed E-state index contributed by atoms with van der Waals surface area (Å²) in [4.78, 5) is 10.7. The van der Waals surface area contributed by atoms with Crippen LogP contribution in [0.3, 0.4) is 0 Å². The Bertz CT molecular complexity index is 170. The fourth-order valence-corrected chi connectivity index (χ4v) is 1.27. The third-order valence-electron chi connectivity index (χ3n) is 2.40. The number of hydrazine groups is 1. The van der Waals surface area contributed by atoms with Gasteiger partial charge in [-0.15, -0.1) is 0 Å². The van der Waals surface area contributed by atoms with Crippen LogP contribution in [-0.4, -0.2) is 19.1 Å². The van der Waals surface area contributed by atoms with E-state index in [9.17, 15) is 4.79 Å². The molecule has 1 saturated carbocycles. The van der Waals surface area contributed by atoms with E-state index in [2.05, 4.69) is 5.43 Å². The number of amides is 1. The van der Waals surface area contributed by atoms with Gasteiger partial charge in [0.1, 0.15) is 0 Å². The fraction of sp³-hybridized carbons (Fsp3) is 0.900. The van der Waals surface area contributed by atoms with Gasteiger partial charge in [0.15, 0.2) is 0 Å². The molecule has 0 aromatic heterocycles. The number of unbranched alkanes of at least 4 members (excludes halogenated alkanes) is 2. The van der Waals surface area contributed by atoms with Crippen molar-refractivity contribution in [3.63, 3.8) is 0 Å². The summed E-state index contributed by atoms with van der Waals surface area (Å²) in [5.74, 6) is 5.72. The van der Waals surface area contributed by atoms with Gasteiger partial charge in [-0.05, 0) is 31.6 Å². The molecule has 0 heterocycles. The van der Waals surface area contributed by atoms with Crippen molar-refractivity contribution in [2.75, 3.05) is 13.2 Å². The lowest BCUT2D eigenvalue weighted by Crippen LogP contribution is -2.29. The maximum absolute atomic E-state index is 10.7. The lowest BCUT2D eigenvalue weighted by molar-refractivity contribution is -0.121. The molecule has 0 aliphatic heterocycles. The Hall–Kier alpha value is -0.610. The quantitative estimate of drug-likeness (QED) is 0.265. The van der Waals surface area contributed by atoms with E-state index in [1.54, 1.807) is 0 Å². The van der Waals surface area contributed by atoms with Gasteiger partial charge in [0.2, 0.25) is 5.91 Å². The van der Waals surface area contributed by atoms with Gasteiger partial charge in [0.25, 0.3) is 0 Å². The van der Waals surface area contributed by atoms with Gasteiger partial charge in [0, 0.05) is 19.6 Å². The van der Waals surface area contributed by atoms with Crippen LogP contribution in [0.2, 0.25) is 0 Å². The minimum absolute atomic E-state index is 0.0797. The lowest BCUT2D eigenvalue weighted by atomic mass is 10.2. The Labute approximate surface area is 85.2 Å². The summed E-state index contributed by atoms with van der Waals surface area (Å²) in [6.45, 7) is 1.77. The molecule has 0 bridgehead atoms. The number of nitrogens with one attached hydrogen (secondary N) is 1. The second-order valence-electron chi connectivity index (χ2n) is 3.90. The highest BCUT2D eigenvalue weighted by molar-refractivity contribution is 5.74. The third kappa shape index (κ3) is 5.94. The standard InChI is InChI=1S/C10H20N2O2/c11-12-10(13)4-2-1-3-7-14-8-9-5-6-9/h9H,1-8,11H2,(H,12,13). The van der Waals surface area contributed by atoms with Gasteiger partial charge in [-0.25, -0.2) is 5.84 Å². The van der Waals surface area contributed by atoms with Crippen molar-refractivity contribution >= 4 is 5.91 Å². The summed E-state index contributed by atoms with van der Waals surface area (Å²) >= 11 is 0. The maximum atomic E-state index is 10.7. The highest BCUT2D eigenvalue weighted by atomic mass is 16.5. The van der Waals surface area contributed by atoms with E-state index in [1.165, 1.54) is 12.8 Å². The van der Waals surface area contributed by atoms with Gasteiger partial charge in [-0.2, -0.15) is 0 Å². The molecule has 4 nitrogen and oxygen atoms in total. The van der Waals surface area contributed by atoms with Crippen LogP contribution in [0.15, 0.2) is 0 Å². The van der Waals surface area contributed by atoms with E-state index in [0.29, 0.717) is 6.42 Å². The van der Waals surface area contributed by atoms with Crippen LogP contribution in [0, 0.1) is 5.92 Å². The normalized spacial score (nSPS) is 15.5. The molecule has 0 aromatic rings. The Morgan fingerprint density at radius 2 is 2.14 bits per heavy atom. The lowest BCUT2D eigenvalue weighted by Gasteiger charge is -2.02. The van der Waals surface area contributed by atoms with Crippen molar-refractivity contribution in [3.05, 3.63) is 0 Å². The van der Waals surface area contributed by atoms with Crippen molar-refractivity contribution in [1.82, 2.24) is 5.43 Å². The SMILES string of the molecule is NNC(=O)CCCCCOCC1CC1. The van der Waals surface area contributed by atoms with E-state index in [0.717, 1.165) is 38.4 Å². The molecule has 0 atom stereocenters. The molecular formula is C10H20N2O2. The first-order valence-corrected chi connectivity index (χ1v) is 5.40. The summed E-state index contributed by atoms with van der Waals surface area (Å²) in [6, 6.07) is 0. The number of ether oxygens (including phenoxy) is 1. The monoisotopic (exact) mass is 200 g/mol. The summed E-state index contributed by atoms with van der Waals surface area (Å²) in [5.41, 5.74) is 2.12. The average Bonchev–Trinajstić information content (AvgIpc) is 2.99. The number of rotatable bonds is 8. The Morgan fingerprint density at radius 1 is 1.36 bits per heavy atom. The Morgan fingerprint density at radius 3 is 2.79 bits per heavy atom. The minimum atomic E-state index is -0.0797. The second-order valence-corrected chi connectivity index (χ2v) is 3.90.